The summed E-state index contributed by atoms with van der Waals surface area (Å²) in [5.41, 5.74) is 12.9. The Balaban J connectivity index is 2.17. The fraction of sp³-hybridized carbons (Fsp3) is 0.400. The van der Waals surface area contributed by atoms with Crippen LogP contribution in [0.2, 0.25) is 0 Å². The fourth-order valence-corrected chi connectivity index (χ4v) is 1.78. The number of hydrogen-bond acceptors (Lipinski definition) is 3. The van der Waals surface area contributed by atoms with Crippen LogP contribution in [0.15, 0.2) is 24.3 Å². The second kappa shape index (κ2) is 4.04. The smallest absolute Gasteiger partial charge is 0.123 e. The molecule has 0 aromatic heterocycles. The van der Waals surface area contributed by atoms with E-state index in [-0.39, 0.29) is 11.9 Å². The summed E-state index contributed by atoms with van der Waals surface area (Å²) in [6.07, 6.45) is 0. The average Bonchev–Trinajstić information content (AvgIpc) is 2.67. The summed E-state index contributed by atoms with van der Waals surface area (Å²) >= 11 is 0. The maximum absolute atomic E-state index is 12.7. The molecule has 1 heterocycles. The lowest BCUT2D eigenvalue weighted by molar-refractivity contribution is 0.482. The van der Waals surface area contributed by atoms with E-state index in [1.54, 1.807) is 12.1 Å². The number of nitrogens with one attached hydrogen (secondary N) is 2. The standard InChI is InChI=1S/C10H14FN3/c11-9-3-1-7(2-4-9)10-8(5-12)6-13-14-10/h1-4,8,10,13-14H,5-6,12H2. The Morgan fingerprint density at radius 3 is 2.71 bits per heavy atom. The number of hydrazine groups is 1. The molecule has 1 aromatic rings. The number of benzene rings is 1. The van der Waals surface area contributed by atoms with E-state index in [2.05, 4.69) is 10.9 Å². The van der Waals surface area contributed by atoms with Crippen molar-refractivity contribution in [3.05, 3.63) is 35.6 Å². The molecule has 2 unspecified atom stereocenters. The summed E-state index contributed by atoms with van der Waals surface area (Å²) in [6.45, 7) is 1.49. The molecule has 1 aliphatic heterocycles. The minimum absolute atomic E-state index is 0.195. The van der Waals surface area contributed by atoms with Crippen LogP contribution in [0.25, 0.3) is 0 Å². The van der Waals surface area contributed by atoms with Crippen LogP contribution >= 0.6 is 0 Å². The van der Waals surface area contributed by atoms with E-state index in [1.807, 2.05) is 0 Å². The molecule has 0 aliphatic carbocycles. The van der Waals surface area contributed by atoms with Crippen LogP contribution in [-0.4, -0.2) is 13.1 Å². The fourth-order valence-electron chi connectivity index (χ4n) is 1.78. The van der Waals surface area contributed by atoms with Crippen LogP contribution in [-0.2, 0) is 0 Å². The second-order valence-electron chi connectivity index (χ2n) is 3.55. The van der Waals surface area contributed by atoms with Crippen LogP contribution in [0.5, 0.6) is 0 Å². The molecule has 14 heavy (non-hydrogen) atoms. The maximum atomic E-state index is 12.7. The molecule has 0 saturated carbocycles. The molecule has 4 N–H and O–H groups in total. The lowest BCUT2D eigenvalue weighted by Crippen LogP contribution is -2.26. The minimum atomic E-state index is -0.205. The van der Waals surface area contributed by atoms with Gasteiger partial charge >= 0.3 is 0 Å². The summed E-state index contributed by atoms with van der Waals surface area (Å²) < 4.78 is 12.7. The predicted octanol–water partition coefficient (Wildman–Crippen LogP) is 0.549. The van der Waals surface area contributed by atoms with Crippen LogP contribution in [0.3, 0.4) is 0 Å². The molecule has 2 rings (SSSR count). The Hall–Kier alpha value is -0.970. The topological polar surface area (TPSA) is 50.1 Å². The summed E-state index contributed by atoms with van der Waals surface area (Å²) in [5.74, 6) is 0.171. The molecule has 76 valence electrons. The molecule has 0 amide bonds. The maximum Gasteiger partial charge on any atom is 0.123 e. The van der Waals surface area contributed by atoms with Gasteiger partial charge in [-0.2, -0.15) is 0 Å². The highest BCUT2D eigenvalue weighted by molar-refractivity contribution is 5.21. The molecule has 0 bridgehead atoms. The normalized spacial score (nSPS) is 26.7. The zero-order valence-electron chi connectivity index (χ0n) is 7.83. The van der Waals surface area contributed by atoms with Gasteiger partial charge in [-0.1, -0.05) is 12.1 Å². The number of nitrogens with two attached hydrogens (primary N) is 1. The van der Waals surface area contributed by atoms with Crippen molar-refractivity contribution in [3.8, 4) is 0 Å². The first-order valence-electron chi connectivity index (χ1n) is 4.75. The van der Waals surface area contributed by atoms with Gasteiger partial charge in [-0.25, -0.2) is 9.82 Å². The van der Waals surface area contributed by atoms with Crippen LogP contribution in [0.1, 0.15) is 11.6 Å². The zero-order chi connectivity index (χ0) is 9.97. The van der Waals surface area contributed by atoms with E-state index in [9.17, 15) is 4.39 Å². The SMILES string of the molecule is NCC1CNNC1c1ccc(F)cc1. The summed E-state index contributed by atoms with van der Waals surface area (Å²) in [6, 6.07) is 6.73. The Morgan fingerprint density at radius 1 is 1.36 bits per heavy atom. The number of rotatable bonds is 2. The van der Waals surface area contributed by atoms with Gasteiger partial charge < -0.3 is 5.73 Å². The summed E-state index contributed by atoms with van der Waals surface area (Å²) in [4.78, 5) is 0. The van der Waals surface area contributed by atoms with E-state index >= 15 is 0 Å². The first kappa shape index (κ1) is 9.58. The third-order valence-corrected chi connectivity index (χ3v) is 2.63. The molecule has 1 fully saturated rings. The molecular formula is C10H14FN3. The first-order valence-corrected chi connectivity index (χ1v) is 4.75. The van der Waals surface area contributed by atoms with Gasteiger partial charge in [0, 0.05) is 12.5 Å². The monoisotopic (exact) mass is 195 g/mol. The quantitative estimate of drug-likeness (QED) is 0.646. The molecule has 1 saturated heterocycles. The third-order valence-electron chi connectivity index (χ3n) is 2.63. The number of hydrogen-bond donors (Lipinski definition) is 3. The van der Waals surface area contributed by atoms with E-state index < -0.39 is 0 Å². The highest BCUT2D eigenvalue weighted by atomic mass is 19.1. The summed E-state index contributed by atoms with van der Waals surface area (Å²) in [7, 11) is 0. The highest BCUT2D eigenvalue weighted by Gasteiger charge is 2.26. The largest absolute Gasteiger partial charge is 0.330 e. The Bertz CT molecular complexity index is 299. The molecule has 0 radical (unpaired) electrons. The second-order valence-corrected chi connectivity index (χ2v) is 3.55. The van der Waals surface area contributed by atoms with E-state index in [1.165, 1.54) is 12.1 Å². The van der Waals surface area contributed by atoms with Crippen molar-refractivity contribution in [1.29, 1.82) is 0 Å². The third kappa shape index (κ3) is 1.77. The van der Waals surface area contributed by atoms with Gasteiger partial charge in [-0.15, -0.1) is 0 Å². The lowest BCUT2D eigenvalue weighted by atomic mass is 9.95. The van der Waals surface area contributed by atoms with Crippen molar-refractivity contribution in [3.63, 3.8) is 0 Å². The molecular weight excluding hydrogens is 181 g/mol. The van der Waals surface area contributed by atoms with Crippen molar-refractivity contribution in [2.75, 3.05) is 13.1 Å². The van der Waals surface area contributed by atoms with E-state index in [4.69, 9.17) is 5.73 Å². The summed E-state index contributed by atoms with van der Waals surface area (Å²) in [5, 5.41) is 0. The van der Waals surface area contributed by atoms with E-state index in [0.717, 1.165) is 12.1 Å². The highest BCUT2D eigenvalue weighted by Crippen LogP contribution is 2.23. The lowest BCUT2D eigenvalue weighted by Gasteiger charge is -2.16. The van der Waals surface area contributed by atoms with Gasteiger partial charge in [0.15, 0.2) is 0 Å². The van der Waals surface area contributed by atoms with Gasteiger partial charge in [0.2, 0.25) is 0 Å². The van der Waals surface area contributed by atoms with Gasteiger partial charge in [0.05, 0.1) is 6.04 Å². The van der Waals surface area contributed by atoms with Crippen molar-refractivity contribution in [1.82, 2.24) is 10.9 Å². The van der Waals surface area contributed by atoms with Crippen molar-refractivity contribution in [2.24, 2.45) is 11.7 Å². The molecule has 1 aliphatic rings. The van der Waals surface area contributed by atoms with Crippen molar-refractivity contribution < 1.29 is 4.39 Å². The van der Waals surface area contributed by atoms with Crippen LogP contribution < -0.4 is 16.6 Å². The first-order chi connectivity index (χ1) is 6.81. The number of halogens is 1. The predicted molar refractivity (Wildman–Crippen MR) is 52.8 cm³/mol. The van der Waals surface area contributed by atoms with Gasteiger partial charge in [-0.3, -0.25) is 5.43 Å². The Labute approximate surface area is 82.5 Å². The molecule has 3 nitrogen and oxygen atoms in total. The van der Waals surface area contributed by atoms with Crippen molar-refractivity contribution >= 4 is 0 Å². The zero-order valence-corrected chi connectivity index (χ0v) is 7.83. The van der Waals surface area contributed by atoms with Gasteiger partial charge in [0.1, 0.15) is 5.82 Å². The molecule has 4 heteroatoms. The Morgan fingerprint density at radius 2 is 2.07 bits per heavy atom. The van der Waals surface area contributed by atoms with Crippen LogP contribution in [0.4, 0.5) is 4.39 Å². The van der Waals surface area contributed by atoms with Gasteiger partial charge in [-0.05, 0) is 24.2 Å². The van der Waals surface area contributed by atoms with Crippen molar-refractivity contribution in [2.45, 2.75) is 6.04 Å². The minimum Gasteiger partial charge on any atom is -0.330 e. The molecule has 0 spiro atoms. The molecule has 1 aromatic carbocycles. The Kier molecular flexibility index (Phi) is 2.77. The van der Waals surface area contributed by atoms with Gasteiger partial charge in [0.25, 0.3) is 0 Å². The van der Waals surface area contributed by atoms with Crippen LogP contribution in [0, 0.1) is 11.7 Å². The molecule has 2 atom stereocenters. The van der Waals surface area contributed by atoms with E-state index in [0.29, 0.717) is 12.5 Å². The average molecular weight is 195 g/mol.